The molecule has 0 aromatic heterocycles. The maximum atomic E-state index is 10.2. The highest BCUT2D eigenvalue weighted by atomic mass is 32.2. The fourth-order valence-corrected chi connectivity index (χ4v) is 0.963. The van der Waals surface area contributed by atoms with Gasteiger partial charge in [-0.25, -0.2) is 0 Å². The molecule has 5 nitrogen and oxygen atoms in total. The fraction of sp³-hybridized carbons (Fsp3) is 1.00. The molecule has 0 aromatic carbocycles. The summed E-state index contributed by atoms with van der Waals surface area (Å²) in [7, 11) is -0.666. The van der Waals surface area contributed by atoms with E-state index in [2.05, 4.69) is 0 Å². The van der Waals surface area contributed by atoms with Crippen LogP contribution in [0.25, 0.3) is 0 Å². The van der Waals surface area contributed by atoms with Gasteiger partial charge in [0.25, 0.3) is 0 Å². The molecule has 0 spiro atoms. The second kappa shape index (κ2) is 3.29. The van der Waals surface area contributed by atoms with Gasteiger partial charge in [-0.05, 0) is 21.0 Å². The van der Waals surface area contributed by atoms with E-state index < -0.39 is 16.5 Å². The molecule has 1 unspecified atom stereocenters. The van der Waals surface area contributed by atoms with E-state index in [1.165, 1.54) is 0 Å². The normalized spacial score (nSPS) is 15.7. The van der Waals surface area contributed by atoms with Crippen molar-refractivity contribution in [2.24, 2.45) is 0 Å². The van der Waals surface area contributed by atoms with Crippen molar-refractivity contribution in [3.63, 3.8) is 0 Å². The highest BCUT2D eigenvalue weighted by Gasteiger charge is 2.10. The molecular formula is C4H12N2O3S. The summed E-state index contributed by atoms with van der Waals surface area (Å²) in [6.07, 6.45) is -0.394. The van der Waals surface area contributed by atoms with Crippen LogP contribution >= 0.6 is 0 Å². The van der Waals surface area contributed by atoms with E-state index in [-0.39, 0.29) is 0 Å². The molecular weight excluding hydrogens is 156 g/mol. The summed E-state index contributed by atoms with van der Waals surface area (Å²) >= 11 is 0. The van der Waals surface area contributed by atoms with Gasteiger partial charge in [-0.2, -0.15) is 13.1 Å². The number of hydrogen-bond donors (Lipinski definition) is 2. The highest BCUT2D eigenvalue weighted by Crippen LogP contribution is 1.87. The van der Waals surface area contributed by atoms with Gasteiger partial charge in [0.2, 0.25) is 0 Å². The third kappa shape index (κ3) is 4.68. The summed E-state index contributed by atoms with van der Waals surface area (Å²) in [6, 6.07) is 0. The molecule has 2 N–H and O–H groups in total. The molecule has 10 heavy (non-hydrogen) atoms. The summed E-state index contributed by atoms with van der Waals surface area (Å²) in [4.78, 5) is 1.62. The van der Waals surface area contributed by atoms with Crippen LogP contribution in [-0.4, -0.2) is 38.1 Å². The largest absolute Gasteiger partial charge is 0.334 e. The van der Waals surface area contributed by atoms with E-state index in [1.54, 1.807) is 25.9 Å². The Morgan fingerprint density at radius 1 is 1.50 bits per heavy atom. The molecule has 0 aliphatic carbocycles. The topological polar surface area (TPSA) is 69.6 Å². The Morgan fingerprint density at radius 2 is 1.90 bits per heavy atom. The lowest BCUT2D eigenvalue weighted by Crippen LogP contribution is -2.41. The number of hydrogen-bond acceptors (Lipinski definition) is 3. The third-order valence-corrected chi connectivity index (χ3v) is 1.73. The van der Waals surface area contributed by atoms with Gasteiger partial charge < -0.3 is 0 Å². The smallest absolute Gasteiger partial charge is 0.294 e. The molecule has 0 aliphatic rings. The van der Waals surface area contributed by atoms with Gasteiger partial charge in [-0.15, -0.1) is 0 Å². The molecule has 62 valence electrons. The van der Waals surface area contributed by atoms with Crippen LogP contribution in [0.5, 0.6) is 0 Å². The second-order valence-electron chi connectivity index (χ2n) is 2.23. The maximum Gasteiger partial charge on any atom is 0.334 e. The Labute approximate surface area is 60.9 Å². The Balaban J connectivity index is 3.93. The molecule has 6 heteroatoms. The van der Waals surface area contributed by atoms with Crippen molar-refractivity contribution in [1.82, 2.24) is 9.62 Å². The van der Waals surface area contributed by atoms with Crippen molar-refractivity contribution in [3.8, 4) is 0 Å². The number of rotatable bonds is 3. The van der Waals surface area contributed by atoms with E-state index in [9.17, 15) is 8.42 Å². The standard InChI is InChI=1S/C4H12N2O3S/c1-4(6(2)3)5-10(7,8)9/h4-5H,1-3H3,(H,7,8,9). The summed E-state index contributed by atoms with van der Waals surface area (Å²) in [6.45, 7) is 1.62. The van der Waals surface area contributed by atoms with E-state index in [4.69, 9.17) is 4.55 Å². The minimum atomic E-state index is -4.06. The Morgan fingerprint density at radius 3 is 2.00 bits per heavy atom. The Kier molecular flexibility index (Phi) is 3.23. The summed E-state index contributed by atoms with van der Waals surface area (Å²) in [5.41, 5.74) is 0. The first-order valence-corrected chi connectivity index (χ1v) is 4.18. The van der Waals surface area contributed by atoms with Gasteiger partial charge >= 0.3 is 10.3 Å². The first-order chi connectivity index (χ1) is 4.33. The molecule has 0 rings (SSSR count). The molecule has 0 bridgehead atoms. The lowest BCUT2D eigenvalue weighted by atomic mass is 10.6. The van der Waals surface area contributed by atoms with Crippen LogP contribution in [0.2, 0.25) is 0 Å². The minimum Gasteiger partial charge on any atom is -0.294 e. The molecule has 0 saturated heterocycles. The van der Waals surface area contributed by atoms with Crippen molar-refractivity contribution in [3.05, 3.63) is 0 Å². The van der Waals surface area contributed by atoms with Gasteiger partial charge in [0.1, 0.15) is 0 Å². The van der Waals surface area contributed by atoms with E-state index in [0.29, 0.717) is 0 Å². The van der Waals surface area contributed by atoms with Crippen molar-refractivity contribution in [2.45, 2.75) is 13.1 Å². The van der Waals surface area contributed by atoms with Crippen molar-refractivity contribution >= 4 is 10.3 Å². The van der Waals surface area contributed by atoms with E-state index in [0.717, 1.165) is 0 Å². The summed E-state index contributed by atoms with van der Waals surface area (Å²) < 4.78 is 30.6. The predicted molar refractivity (Wildman–Crippen MR) is 37.8 cm³/mol. The first kappa shape index (κ1) is 9.83. The monoisotopic (exact) mass is 168 g/mol. The van der Waals surface area contributed by atoms with Crippen LogP contribution in [0.15, 0.2) is 0 Å². The molecule has 0 saturated carbocycles. The molecule has 0 fully saturated rings. The number of nitrogens with one attached hydrogen (secondary N) is 1. The van der Waals surface area contributed by atoms with Crippen molar-refractivity contribution in [1.29, 1.82) is 0 Å². The average Bonchev–Trinajstić information content (AvgIpc) is 1.60. The third-order valence-electron chi connectivity index (χ3n) is 1.09. The zero-order valence-corrected chi connectivity index (χ0v) is 7.01. The summed E-state index contributed by atoms with van der Waals surface area (Å²) in [5, 5.41) is 0. The van der Waals surface area contributed by atoms with Crippen LogP contribution < -0.4 is 4.72 Å². The van der Waals surface area contributed by atoms with Crippen LogP contribution in [-0.2, 0) is 10.3 Å². The van der Waals surface area contributed by atoms with Gasteiger partial charge in [-0.3, -0.25) is 9.45 Å². The first-order valence-electron chi connectivity index (χ1n) is 2.74. The van der Waals surface area contributed by atoms with E-state index in [1.807, 2.05) is 4.72 Å². The van der Waals surface area contributed by atoms with Gasteiger partial charge in [0.05, 0.1) is 6.17 Å². The molecule has 0 radical (unpaired) electrons. The second-order valence-corrected chi connectivity index (χ2v) is 3.42. The molecule has 0 heterocycles. The zero-order chi connectivity index (χ0) is 8.36. The lowest BCUT2D eigenvalue weighted by Gasteiger charge is -2.18. The predicted octanol–water partition coefficient (Wildman–Crippen LogP) is -0.714. The van der Waals surface area contributed by atoms with Crippen molar-refractivity contribution < 1.29 is 13.0 Å². The Bertz CT molecular complexity index is 187. The van der Waals surface area contributed by atoms with Crippen LogP contribution in [0.1, 0.15) is 6.92 Å². The summed E-state index contributed by atoms with van der Waals surface area (Å²) in [5.74, 6) is 0. The molecule has 0 aliphatic heterocycles. The van der Waals surface area contributed by atoms with Gasteiger partial charge in [0.15, 0.2) is 0 Å². The Hall–Kier alpha value is -0.170. The fourth-order valence-electron chi connectivity index (χ4n) is 0.321. The zero-order valence-electron chi connectivity index (χ0n) is 6.20. The van der Waals surface area contributed by atoms with Gasteiger partial charge in [0, 0.05) is 0 Å². The van der Waals surface area contributed by atoms with Crippen LogP contribution in [0.4, 0.5) is 0 Å². The minimum absolute atomic E-state index is 0.394. The molecule has 0 aromatic rings. The maximum absolute atomic E-state index is 10.2. The SMILES string of the molecule is CC(NS(=O)(=O)O)N(C)C. The lowest BCUT2D eigenvalue weighted by molar-refractivity contribution is 0.290. The highest BCUT2D eigenvalue weighted by molar-refractivity contribution is 7.83. The average molecular weight is 168 g/mol. The molecule has 1 atom stereocenters. The van der Waals surface area contributed by atoms with Crippen LogP contribution in [0.3, 0.4) is 0 Å². The quantitative estimate of drug-likeness (QED) is 0.431. The molecule has 0 amide bonds. The number of nitrogens with zero attached hydrogens (tertiary/aromatic N) is 1. The van der Waals surface area contributed by atoms with Crippen LogP contribution in [0, 0.1) is 0 Å². The van der Waals surface area contributed by atoms with Gasteiger partial charge in [-0.1, -0.05) is 0 Å². The van der Waals surface area contributed by atoms with E-state index >= 15 is 0 Å². The van der Waals surface area contributed by atoms with Crippen molar-refractivity contribution in [2.75, 3.05) is 14.1 Å².